The Labute approximate surface area is 189 Å². The maximum Gasteiger partial charge on any atom is 0.410 e. The molecule has 6 nitrogen and oxygen atoms in total. The molecule has 0 radical (unpaired) electrons. The summed E-state index contributed by atoms with van der Waals surface area (Å²) in [7, 11) is -2.02. The molecule has 8 heteroatoms. The molecule has 0 bridgehead atoms. The number of carbonyl (C=O) groups is 1. The Balaban J connectivity index is 1.76. The lowest BCUT2D eigenvalue weighted by Crippen LogP contribution is -2.42. The van der Waals surface area contributed by atoms with Crippen LogP contribution in [-0.4, -0.2) is 55.5 Å². The number of benzene rings is 2. The lowest BCUT2D eigenvalue weighted by molar-refractivity contribution is 0.0232. The van der Waals surface area contributed by atoms with Crippen LogP contribution in [-0.2, 0) is 14.8 Å². The molecule has 2 aromatic carbocycles. The molecule has 0 N–H and O–H groups in total. The lowest BCUT2D eigenvalue weighted by atomic mass is 10.0. The van der Waals surface area contributed by atoms with Gasteiger partial charge >= 0.3 is 6.09 Å². The van der Waals surface area contributed by atoms with E-state index in [4.69, 9.17) is 16.3 Å². The van der Waals surface area contributed by atoms with E-state index in [0.717, 1.165) is 11.1 Å². The van der Waals surface area contributed by atoms with Crippen LogP contribution in [0.3, 0.4) is 0 Å². The van der Waals surface area contributed by atoms with Crippen molar-refractivity contribution in [1.82, 2.24) is 9.21 Å². The van der Waals surface area contributed by atoms with E-state index in [1.807, 2.05) is 36.4 Å². The van der Waals surface area contributed by atoms with Crippen molar-refractivity contribution in [1.29, 1.82) is 0 Å². The monoisotopic (exact) mass is 464 g/mol. The molecule has 31 heavy (non-hydrogen) atoms. The van der Waals surface area contributed by atoms with Crippen LogP contribution < -0.4 is 0 Å². The fourth-order valence-corrected chi connectivity index (χ4v) is 5.45. The van der Waals surface area contributed by atoms with Crippen LogP contribution in [0.25, 0.3) is 11.1 Å². The molecule has 1 aliphatic rings. The summed E-state index contributed by atoms with van der Waals surface area (Å²) in [6.07, 6.45) is 0.122. The highest BCUT2D eigenvalue weighted by molar-refractivity contribution is 7.89. The number of hydrogen-bond donors (Lipinski definition) is 0. The molecule has 1 saturated heterocycles. The van der Waals surface area contributed by atoms with Gasteiger partial charge in [0.15, 0.2) is 0 Å². The van der Waals surface area contributed by atoms with Gasteiger partial charge in [0.05, 0.1) is 4.90 Å². The molecule has 1 aliphatic heterocycles. The Hall–Kier alpha value is -2.09. The molecular weight excluding hydrogens is 436 g/mol. The SMILES string of the molecule is Cc1cc(-c2ccc(Cl)cc2)ccc1S(=O)(=O)N1CC[C@@H](N(C)C(=O)OC(C)(C)C)C1. The van der Waals surface area contributed by atoms with Gasteiger partial charge in [-0.3, -0.25) is 0 Å². The van der Waals surface area contributed by atoms with Gasteiger partial charge in [-0.25, -0.2) is 13.2 Å². The average Bonchev–Trinajstić information content (AvgIpc) is 3.17. The zero-order valence-corrected chi connectivity index (χ0v) is 20.1. The molecular formula is C23H29ClN2O4S. The molecule has 0 saturated carbocycles. The second-order valence-corrected chi connectivity index (χ2v) is 11.2. The van der Waals surface area contributed by atoms with Gasteiger partial charge < -0.3 is 9.64 Å². The van der Waals surface area contributed by atoms with Crippen LogP contribution in [0.5, 0.6) is 0 Å². The van der Waals surface area contributed by atoms with Gasteiger partial charge in [-0.2, -0.15) is 4.31 Å². The van der Waals surface area contributed by atoms with Crippen molar-refractivity contribution >= 4 is 27.7 Å². The molecule has 1 atom stereocenters. The maximum absolute atomic E-state index is 13.3. The number of aryl methyl sites for hydroxylation is 1. The topological polar surface area (TPSA) is 66.9 Å². The van der Waals surface area contributed by atoms with Gasteiger partial charge in [-0.15, -0.1) is 0 Å². The van der Waals surface area contributed by atoms with Crippen LogP contribution in [0.1, 0.15) is 32.8 Å². The van der Waals surface area contributed by atoms with Gasteiger partial charge in [-0.05, 0) is 69.0 Å². The van der Waals surface area contributed by atoms with Crippen LogP contribution in [0.15, 0.2) is 47.4 Å². The normalized spacial score (nSPS) is 17.5. The van der Waals surface area contributed by atoms with E-state index in [1.165, 1.54) is 9.21 Å². The highest BCUT2D eigenvalue weighted by atomic mass is 35.5. The van der Waals surface area contributed by atoms with Crippen molar-refractivity contribution in [3.8, 4) is 11.1 Å². The maximum atomic E-state index is 13.3. The van der Waals surface area contributed by atoms with E-state index in [9.17, 15) is 13.2 Å². The van der Waals surface area contributed by atoms with E-state index >= 15 is 0 Å². The van der Waals surface area contributed by atoms with Gasteiger partial charge in [0.25, 0.3) is 0 Å². The van der Waals surface area contributed by atoms with E-state index in [-0.39, 0.29) is 17.5 Å². The number of hydrogen-bond acceptors (Lipinski definition) is 4. The van der Waals surface area contributed by atoms with Crippen LogP contribution >= 0.6 is 11.6 Å². The smallest absolute Gasteiger partial charge is 0.410 e. The number of nitrogens with zero attached hydrogens (tertiary/aromatic N) is 2. The third-order valence-corrected chi connectivity index (χ3v) is 7.60. The summed E-state index contributed by atoms with van der Waals surface area (Å²) < 4.78 is 33.4. The minimum atomic E-state index is -3.67. The van der Waals surface area contributed by atoms with Crippen molar-refractivity contribution in [3.05, 3.63) is 53.1 Å². The summed E-state index contributed by atoms with van der Waals surface area (Å²) in [5.74, 6) is 0. The molecule has 2 aromatic rings. The first kappa shape index (κ1) is 23.6. The quantitative estimate of drug-likeness (QED) is 0.642. The van der Waals surface area contributed by atoms with Crippen molar-refractivity contribution in [2.24, 2.45) is 0 Å². The Bertz CT molecular complexity index is 1060. The number of rotatable bonds is 4. The minimum absolute atomic E-state index is 0.224. The lowest BCUT2D eigenvalue weighted by Gasteiger charge is -2.28. The van der Waals surface area contributed by atoms with Crippen molar-refractivity contribution in [2.75, 3.05) is 20.1 Å². The summed E-state index contributed by atoms with van der Waals surface area (Å²) in [6, 6.07) is 12.5. The Morgan fingerprint density at radius 2 is 1.74 bits per heavy atom. The van der Waals surface area contributed by atoms with Crippen molar-refractivity contribution < 1.29 is 17.9 Å². The molecule has 168 valence electrons. The minimum Gasteiger partial charge on any atom is -0.444 e. The molecule has 3 rings (SSSR count). The van der Waals surface area contributed by atoms with Gasteiger partial charge in [0.1, 0.15) is 5.60 Å². The summed E-state index contributed by atoms with van der Waals surface area (Å²) in [5.41, 5.74) is 1.98. The number of ether oxygens (including phenoxy) is 1. The number of amides is 1. The first-order valence-corrected chi connectivity index (χ1v) is 12.0. The predicted octanol–water partition coefficient (Wildman–Crippen LogP) is 4.95. The first-order chi connectivity index (χ1) is 14.4. The van der Waals surface area contributed by atoms with Gasteiger partial charge in [0.2, 0.25) is 10.0 Å². The number of carbonyl (C=O) groups excluding carboxylic acids is 1. The van der Waals surface area contributed by atoms with Crippen LogP contribution in [0.4, 0.5) is 4.79 Å². The summed E-state index contributed by atoms with van der Waals surface area (Å²) in [5, 5.41) is 0.652. The van der Waals surface area contributed by atoms with E-state index < -0.39 is 21.7 Å². The second kappa shape index (κ2) is 8.81. The van der Waals surface area contributed by atoms with Crippen molar-refractivity contribution in [3.63, 3.8) is 0 Å². The van der Waals surface area contributed by atoms with Crippen LogP contribution in [0.2, 0.25) is 5.02 Å². The summed E-state index contributed by atoms with van der Waals surface area (Å²) in [6.45, 7) is 7.82. The number of likely N-dealkylation sites (N-methyl/N-ethyl adjacent to an activating group) is 1. The highest BCUT2D eigenvalue weighted by Crippen LogP contribution is 2.29. The summed E-state index contributed by atoms with van der Waals surface area (Å²) in [4.78, 5) is 14.1. The van der Waals surface area contributed by atoms with Gasteiger partial charge in [-0.1, -0.05) is 35.9 Å². The molecule has 0 aliphatic carbocycles. The first-order valence-electron chi connectivity index (χ1n) is 10.2. The zero-order valence-electron chi connectivity index (χ0n) is 18.6. The zero-order chi connectivity index (χ0) is 23.0. The van der Waals surface area contributed by atoms with Crippen molar-refractivity contribution in [2.45, 2.75) is 50.7 Å². The fraction of sp³-hybridized carbons (Fsp3) is 0.435. The van der Waals surface area contributed by atoms with E-state index in [0.29, 0.717) is 23.6 Å². The Morgan fingerprint density at radius 3 is 2.32 bits per heavy atom. The molecule has 1 heterocycles. The standard InChI is InChI=1S/C23H29ClN2O4S/c1-16-14-18(17-6-9-19(24)10-7-17)8-11-21(16)31(28,29)26-13-12-20(15-26)25(5)22(27)30-23(2,3)4/h6-11,14,20H,12-13,15H2,1-5H3/t20-/m1/s1. The van der Waals surface area contributed by atoms with Crippen LogP contribution in [0, 0.1) is 6.92 Å². The van der Waals surface area contributed by atoms with E-state index in [2.05, 4.69) is 0 Å². The fourth-order valence-electron chi connectivity index (χ4n) is 3.63. The average molecular weight is 465 g/mol. The molecule has 1 fully saturated rings. The van der Waals surface area contributed by atoms with E-state index in [1.54, 1.807) is 40.8 Å². The number of sulfonamides is 1. The predicted molar refractivity (Wildman–Crippen MR) is 123 cm³/mol. The molecule has 0 aromatic heterocycles. The third-order valence-electron chi connectivity index (χ3n) is 5.33. The van der Waals surface area contributed by atoms with Gasteiger partial charge in [0, 0.05) is 31.2 Å². The summed E-state index contributed by atoms with van der Waals surface area (Å²) >= 11 is 5.96. The molecule has 0 spiro atoms. The number of halogens is 1. The molecule has 0 unspecified atom stereocenters. The molecule has 1 amide bonds. The third kappa shape index (κ3) is 5.40. The Morgan fingerprint density at radius 1 is 1.13 bits per heavy atom. The highest BCUT2D eigenvalue weighted by Gasteiger charge is 2.37. The Kier molecular flexibility index (Phi) is 6.69. The second-order valence-electron chi connectivity index (χ2n) is 8.88. The largest absolute Gasteiger partial charge is 0.444 e.